The van der Waals surface area contributed by atoms with E-state index in [2.05, 4.69) is 29.1 Å². The Kier molecular flexibility index (Phi) is 3.60. The number of fused-ring (bicyclic) bond motifs is 4. The van der Waals surface area contributed by atoms with Crippen molar-refractivity contribution in [1.82, 2.24) is 9.88 Å². The summed E-state index contributed by atoms with van der Waals surface area (Å²) in [7, 11) is 2.22. The van der Waals surface area contributed by atoms with E-state index in [0.29, 0.717) is 11.7 Å². The first-order valence-corrected chi connectivity index (χ1v) is 9.70. The standard InChI is InChI=1S/C22H23ClN2O/c1-25-9-8-22(14-4-2-5-16(26)10-14)12-20-18(11-15(22)13-25)17-6-3-7-19(23)21(17)24-20/h2-7,10,15,24,26H,8-9,11-13H2,1H3. The highest BCUT2D eigenvalue weighted by Gasteiger charge is 2.47. The average molecular weight is 367 g/mol. The van der Waals surface area contributed by atoms with Gasteiger partial charge in [-0.25, -0.2) is 0 Å². The number of piperidine rings is 1. The van der Waals surface area contributed by atoms with Crippen LogP contribution in [0.1, 0.15) is 23.2 Å². The van der Waals surface area contributed by atoms with Crippen molar-refractivity contribution in [3.63, 3.8) is 0 Å². The van der Waals surface area contributed by atoms with E-state index >= 15 is 0 Å². The molecule has 2 heterocycles. The number of halogens is 1. The number of likely N-dealkylation sites (tertiary alicyclic amines) is 1. The lowest BCUT2D eigenvalue weighted by molar-refractivity contribution is 0.0994. The molecule has 2 N–H and O–H groups in total. The summed E-state index contributed by atoms with van der Waals surface area (Å²) in [4.78, 5) is 6.07. The summed E-state index contributed by atoms with van der Waals surface area (Å²) in [6.45, 7) is 2.17. The van der Waals surface area contributed by atoms with Crippen molar-refractivity contribution < 1.29 is 5.11 Å². The Hall–Kier alpha value is -1.97. The van der Waals surface area contributed by atoms with Crippen molar-refractivity contribution in [2.75, 3.05) is 20.1 Å². The second-order valence-electron chi connectivity index (χ2n) is 8.04. The molecule has 1 fully saturated rings. The zero-order valence-electron chi connectivity index (χ0n) is 14.9. The van der Waals surface area contributed by atoms with Crippen LogP contribution < -0.4 is 0 Å². The molecule has 2 aliphatic rings. The van der Waals surface area contributed by atoms with Gasteiger partial charge in [0.05, 0.1) is 10.5 Å². The van der Waals surface area contributed by atoms with E-state index in [1.54, 1.807) is 6.07 Å². The SMILES string of the molecule is CN1CCC2(c3cccc(O)c3)Cc3[nH]c4c(Cl)cccc4c3CC2C1. The first-order chi connectivity index (χ1) is 12.6. The van der Waals surface area contributed by atoms with Crippen LogP contribution in [0.5, 0.6) is 5.75 Å². The monoisotopic (exact) mass is 366 g/mol. The maximum Gasteiger partial charge on any atom is 0.115 e. The highest BCUT2D eigenvalue weighted by molar-refractivity contribution is 6.35. The summed E-state index contributed by atoms with van der Waals surface area (Å²) in [6.07, 6.45) is 3.14. The second-order valence-corrected chi connectivity index (χ2v) is 8.45. The highest BCUT2D eigenvalue weighted by Crippen LogP contribution is 2.49. The minimum absolute atomic E-state index is 0.0750. The molecular weight excluding hydrogens is 344 g/mol. The molecular formula is C22H23ClN2O. The Morgan fingerprint density at radius 2 is 2.08 bits per heavy atom. The molecule has 1 aliphatic carbocycles. The van der Waals surface area contributed by atoms with Crippen molar-refractivity contribution in [2.45, 2.75) is 24.7 Å². The summed E-state index contributed by atoms with van der Waals surface area (Å²) >= 11 is 6.45. The fraction of sp³-hybridized carbons (Fsp3) is 0.364. The molecule has 1 aromatic heterocycles. The van der Waals surface area contributed by atoms with Gasteiger partial charge in [-0.05, 0) is 68.1 Å². The number of aromatic amines is 1. The predicted octanol–water partition coefficient (Wildman–Crippen LogP) is 4.52. The third-order valence-electron chi connectivity index (χ3n) is 6.60. The zero-order valence-corrected chi connectivity index (χ0v) is 15.7. The van der Waals surface area contributed by atoms with E-state index in [1.165, 1.54) is 22.2 Å². The van der Waals surface area contributed by atoms with Crippen molar-refractivity contribution in [2.24, 2.45) is 5.92 Å². The molecule has 0 bridgehead atoms. The number of benzene rings is 2. The van der Waals surface area contributed by atoms with Gasteiger partial charge in [-0.2, -0.15) is 0 Å². The first kappa shape index (κ1) is 16.2. The van der Waals surface area contributed by atoms with Crippen LogP contribution in [0.25, 0.3) is 10.9 Å². The maximum atomic E-state index is 10.1. The van der Waals surface area contributed by atoms with Gasteiger partial charge in [-0.15, -0.1) is 0 Å². The summed E-state index contributed by atoms with van der Waals surface area (Å²) in [5.74, 6) is 0.897. The summed E-state index contributed by atoms with van der Waals surface area (Å²) < 4.78 is 0. The Labute approximate surface area is 158 Å². The fourth-order valence-electron chi connectivity index (χ4n) is 5.26. The van der Waals surface area contributed by atoms with Gasteiger partial charge < -0.3 is 15.0 Å². The van der Waals surface area contributed by atoms with Crippen molar-refractivity contribution in [1.29, 1.82) is 0 Å². The molecule has 0 spiro atoms. The fourth-order valence-corrected chi connectivity index (χ4v) is 5.49. The van der Waals surface area contributed by atoms with Crippen LogP contribution in [-0.2, 0) is 18.3 Å². The number of hydrogen-bond donors (Lipinski definition) is 2. The molecule has 2 aromatic carbocycles. The van der Waals surface area contributed by atoms with E-state index in [4.69, 9.17) is 11.6 Å². The molecule has 134 valence electrons. The number of H-pyrrole nitrogens is 1. The van der Waals surface area contributed by atoms with Crippen LogP contribution in [0, 0.1) is 5.92 Å². The molecule has 0 amide bonds. The number of hydrogen-bond acceptors (Lipinski definition) is 2. The van der Waals surface area contributed by atoms with E-state index in [1.807, 2.05) is 24.3 Å². The number of nitrogens with zero attached hydrogens (tertiary/aromatic N) is 1. The normalized spacial score (nSPS) is 25.8. The van der Waals surface area contributed by atoms with E-state index < -0.39 is 0 Å². The third kappa shape index (κ3) is 2.30. The van der Waals surface area contributed by atoms with E-state index in [9.17, 15) is 5.11 Å². The van der Waals surface area contributed by atoms with Crippen molar-refractivity contribution >= 4 is 22.5 Å². The van der Waals surface area contributed by atoms with Gasteiger partial charge in [0.2, 0.25) is 0 Å². The topological polar surface area (TPSA) is 39.3 Å². The molecule has 1 saturated heterocycles. The van der Waals surface area contributed by atoms with E-state index in [-0.39, 0.29) is 5.41 Å². The maximum absolute atomic E-state index is 10.1. The Morgan fingerprint density at radius 3 is 2.92 bits per heavy atom. The van der Waals surface area contributed by atoms with E-state index in [0.717, 1.165) is 42.9 Å². The molecule has 0 saturated carbocycles. The van der Waals surface area contributed by atoms with Gasteiger partial charge in [-0.3, -0.25) is 0 Å². The first-order valence-electron chi connectivity index (χ1n) is 9.33. The van der Waals surface area contributed by atoms with Gasteiger partial charge in [-0.1, -0.05) is 35.9 Å². The van der Waals surface area contributed by atoms with Gasteiger partial charge in [0.25, 0.3) is 0 Å². The Morgan fingerprint density at radius 1 is 1.23 bits per heavy atom. The van der Waals surface area contributed by atoms with Crippen molar-refractivity contribution in [3.05, 3.63) is 64.3 Å². The number of nitrogens with one attached hydrogen (secondary N) is 1. The number of rotatable bonds is 1. The highest BCUT2D eigenvalue weighted by atomic mass is 35.5. The van der Waals surface area contributed by atoms with Crippen LogP contribution in [0.2, 0.25) is 5.02 Å². The van der Waals surface area contributed by atoms with Gasteiger partial charge >= 0.3 is 0 Å². The summed E-state index contributed by atoms with van der Waals surface area (Å²) in [5.41, 5.74) is 5.16. The third-order valence-corrected chi connectivity index (χ3v) is 6.91. The Balaban J connectivity index is 1.69. The van der Waals surface area contributed by atoms with Gasteiger partial charge in [0.1, 0.15) is 5.75 Å². The predicted molar refractivity (Wildman–Crippen MR) is 106 cm³/mol. The summed E-state index contributed by atoms with van der Waals surface area (Å²) in [6, 6.07) is 14.1. The summed E-state index contributed by atoms with van der Waals surface area (Å²) in [5, 5.41) is 12.2. The van der Waals surface area contributed by atoms with Gasteiger partial charge in [0.15, 0.2) is 0 Å². The average Bonchev–Trinajstić information content (AvgIpc) is 2.99. The lowest BCUT2D eigenvalue weighted by atomic mass is 9.59. The number of para-hydroxylation sites is 1. The minimum Gasteiger partial charge on any atom is -0.508 e. The van der Waals surface area contributed by atoms with Crippen LogP contribution in [-0.4, -0.2) is 35.1 Å². The van der Waals surface area contributed by atoms with Crippen LogP contribution in [0.3, 0.4) is 0 Å². The minimum atomic E-state index is 0.0750. The number of aromatic hydroxyl groups is 1. The molecule has 3 aromatic rings. The molecule has 2 atom stereocenters. The molecule has 3 nitrogen and oxygen atoms in total. The van der Waals surface area contributed by atoms with Crippen molar-refractivity contribution in [3.8, 4) is 5.75 Å². The Bertz CT molecular complexity index is 995. The smallest absolute Gasteiger partial charge is 0.115 e. The molecule has 0 radical (unpaired) electrons. The number of aromatic nitrogens is 1. The number of phenolic OH excluding ortho intramolecular Hbond substituents is 1. The van der Waals surface area contributed by atoms with Crippen LogP contribution >= 0.6 is 11.6 Å². The lowest BCUT2D eigenvalue weighted by Gasteiger charge is -2.50. The molecule has 1 aliphatic heterocycles. The molecule has 26 heavy (non-hydrogen) atoms. The quantitative estimate of drug-likeness (QED) is 0.664. The van der Waals surface area contributed by atoms with Crippen LogP contribution in [0.4, 0.5) is 0 Å². The number of phenols is 1. The molecule has 2 unspecified atom stereocenters. The zero-order chi connectivity index (χ0) is 17.9. The largest absolute Gasteiger partial charge is 0.508 e. The van der Waals surface area contributed by atoms with Crippen LogP contribution in [0.15, 0.2) is 42.5 Å². The second kappa shape index (κ2) is 5.77. The van der Waals surface area contributed by atoms with Gasteiger partial charge in [0, 0.05) is 23.0 Å². The molecule has 4 heteroatoms. The lowest BCUT2D eigenvalue weighted by Crippen LogP contribution is -2.52. The molecule has 5 rings (SSSR count).